The number of nitrogens with zero attached hydrogens (tertiary/aromatic N) is 6. The van der Waals surface area contributed by atoms with Crippen molar-refractivity contribution in [3.05, 3.63) is 36.2 Å². The molecule has 3 aromatic rings. The average molecular weight is 473 g/mol. The summed E-state index contributed by atoms with van der Waals surface area (Å²) in [7, 11) is 4.55. The highest BCUT2D eigenvalue weighted by Crippen LogP contribution is 2.30. The molecule has 0 bridgehead atoms. The molecule has 1 aromatic carbocycles. The summed E-state index contributed by atoms with van der Waals surface area (Å²) in [6.45, 7) is 1.53. The van der Waals surface area contributed by atoms with Crippen molar-refractivity contribution in [2.24, 2.45) is 0 Å². The first-order valence-corrected chi connectivity index (χ1v) is 11.0. The maximum absolute atomic E-state index is 12.9. The second-order valence-electron chi connectivity index (χ2n) is 7.18. The molecule has 2 atom stereocenters. The summed E-state index contributed by atoms with van der Waals surface area (Å²) in [5.74, 6) is 1.34. The number of aromatic nitrogens is 5. The summed E-state index contributed by atoms with van der Waals surface area (Å²) < 4.78 is 16.0. The summed E-state index contributed by atoms with van der Waals surface area (Å²) in [5.41, 5.74) is 0.595. The smallest absolute Gasteiger partial charge is 0.259 e. The van der Waals surface area contributed by atoms with E-state index in [1.807, 2.05) is 0 Å². The third-order valence-corrected chi connectivity index (χ3v) is 5.84. The normalized spacial score (nSPS) is 16.3. The van der Waals surface area contributed by atoms with Crippen LogP contribution in [0.25, 0.3) is 0 Å². The number of amides is 1. The number of hydrogen-bond acceptors (Lipinski definition) is 12. The molecule has 13 heteroatoms. The Balaban J connectivity index is 1.37. The molecule has 3 heterocycles. The average Bonchev–Trinajstić information content (AvgIpc) is 3.49. The van der Waals surface area contributed by atoms with Crippen LogP contribution in [-0.4, -0.2) is 71.7 Å². The first kappa shape index (κ1) is 22.6. The minimum Gasteiger partial charge on any atom is -0.497 e. The standard InChI is InChI=1S/C20H24N8O4S/c1-30-14-8-12(9-15(10-14)31-2)16(32-3)17(29)24-20-27-26-19(33-20)23-13-4-7-28(11-13)18-21-5-6-22-25-18/h5-6,8-10,13,16H,4,7,11H2,1-3H3,(H,23,26)(H,24,27,29)/t13-,16-/m1/s1. The van der Waals surface area contributed by atoms with E-state index in [1.54, 1.807) is 44.8 Å². The molecule has 12 nitrogen and oxygen atoms in total. The van der Waals surface area contributed by atoms with Gasteiger partial charge in [0.1, 0.15) is 11.5 Å². The Morgan fingerprint density at radius 3 is 2.52 bits per heavy atom. The molecular formula is C20H24N8O4S. The topological polar surface area (TPSA) is 137 Å². The van der Waals surface area contributed by atoms with Gasteiger partial charge in [0.05, 0.1) is 26.6 Å². The van der Waals surface area contributed by atoms with E-state index in [1.165, 1.54) is 18.4 Å². The van der Waals surface area contributed by atoms with E-state index in [-0.39, 0.29) is 11.9 Å². The van der Waals surface area contributed by atoms with Gasteiger partial charge in [0.15, 0.2) is 6.10 Å². The minimum atomic E-state index is -0.878. The second kappa shape index (κ2) is 10.4. The van der Waals surface area contributed by atoms with Gasteiger partial charge in [-0.15, -0.1) is 15.3 Å². The predicted octanol–water partition coefficient (Wildman–Crippen LogP) is 1.76. The quantitative estimate of drug-likeness (QED) is 0.471. The highest BCUT2D eigenvalue weighted by Gasteiger charge is 2.26. The van der Waals surface area contributed by atoms with E-state index in [2.05, 4.69) is 40.9 Å². The zero-order chi connectivity index (χ0) is 23.2. The maximum atomic E-state index is 12.9. The van der Waals surface area contributed by atoms with Crippen molar-refractivity contribution in [2.75, 3.05) is 50.0 Å². The van der Waals surface area contributed by atoms with Gasteiger partial charge in [-0.3, -0.25) is 10.1 Å². The Kier molecular flexibility index (Phi) is 7.10. The lowest BCUT2D eigenvalue weighted by Gasteiger charge is -2.16. The van der Waals surface area contributed by atoms with Gasteiger partial charge >= 0.3 is 0 Å². The van der Waals surface area contributed by atoms with Gasteiger partial charge in [0.2, 0.25) is 16.2 Å². The van der Waals surface area contributed by atoms with Gasteiger partial charge in [-0.2, -0.15) is 5.10 Å². The molecule has 0 spiro atoms. The molecule has 1 saturated heterocycles. The van der Waals surface area contributed by atoms with E-state index in [0.29, 0.717) is 33.3 Å². The van der Waals surface area contributed by atoms with Crippen LogP contribution in [0.2, 0.25) is 0 Å². The molecule has 1 fully saturated rings. The molecular weight excluding hydrogens is 448 g/mol. The van der Waals surface area contributed by atoms with Crippen LogP contribution in [-0.2, 0) is 9.53 Å². The van der Waals surface area contributed by atoms with Crippen molar-refractivity contribution >= 4 is 33.5 Å². The minimum absolute atomic E-state index is 0.154. The Bertz CT molecular complexity index is 1060. The number of carbonyl (C=O) groups excluding carboxylic acids is 1. The Morgan fingerprint density at radius 2 is 1.85 bits per heavy atom. The van der Waals surface area contributed by atoms with Crippen molar-refractivity contribution in [1.29, 1.82) is 0 Å². The third kappa shape index (κ3) is 5.43. The summed E-state index contributed by atoms with van der Waals surface area (Å²) in [4.78, 5) is 19.2. The molecule has 33 heavy (non-hydrogen) atoms. The van der Waals surface area contributed by atoms with Crippen molar-refractivity contribution < 1.29 is 19.0 Å². The second-order valence-corrected chi connectivity index (χ2v) is 8.16. The van der Waals surface area contributed by atoms with Gasteiger partial charge in [0, 0.05) is 32.3 Å². The van der Waals surface area contributed by atoms with Crippen LogP contribution in [0.3, 0.4) is 0 Å². The van der Waals surface area contributed by atoms with E-state index in [4.69, 9.17) is 14.2 Å². The highest BCUT2D eigenvalue weighted by molar-refractivity contribution is 7.19. The predicted molar refractivity (Wildman–Crippen MR) is 122 cm³/mol. The Labute approximate surface area is 194 Å². The zero-order valence-electron chi connectivity index (χ0n) is 18.4. The monoisotopic (exact) mass is 472 g/mol. The Hall–Kier alpha value is -3.58. The number of rotatable bonds is 9. The van der Waals surface area contributed by atoms with Crippen molar-refractivity contribution in [1.82, 2.24) is 25.4 Å². The molecule has 1 aliphatic heterocycles. The Morgan fingerprint density at radius 1 is 1.09 bits per heavy atom. The van der Waals surface area contributed by atoms with E-state index in [0.717, 1.165) is 19.5 Å². The molecule has 0 aliphatic carbocycles. The van der Waals surface area contributed by atoms with Crippen molar-refractivity contribution in [2.45, 2.75) is 18.6 Å². The molecule has 1 amide bonds. The van der Waals surface area contributed by atoms with Crippen LogP contribution < -0.4 is 25.0 Å². The molecule has 0 radical (unpaired) electrons. The van der Waals surface area contributed by atoms with Gasteiger partial charge < -0.3 is 24.4 Å². The largest absolute Gasteiger partial charge is 0.497 e. The molecule has 0 saturated carbocycles. The summed E-state index contributed by atoms with van der Waals surface area (Å²) >= 11 is 1.25. The van der Waals surface area contributed by atoms with Gasteiger partial charge in [-0.1, -0.05) is 11.3 Å². The number of anilines is 3. The number of hydrogen-bond donors (Lipinski definition) is 2. The number of benzene rings is 1. The maximum Gasteiger partial charge on any atom is 0.259 e. The van der Waals surface area contributed by atoms with Crippen molar-refractivity contribution in [3.8, 4) is 11.5 Å². The number of ether oxygens (including phenoxy) is 3. The van der Waals surface area contributed by atoms with Crippen LogP contribution in [0, 0.1) is 0 Å². The van der Waals surface area contributed by atoms with E-state index >= 15 is 0 Å². The van der Waals surface area contributed by atoms with Crippen LogP contribution >= 0.6 is 11.3 Å². The molecule has 1 aliphatic rings. The van der Waals surface area contributed by atoms with E-state index < -0.39 is 6.10 Å². The zero-order valence-corrected chi connectivity index (χ0v) is 19.2. The molecule has 4 rings (SSSR count). The number of carbonyl (C=O) groups is 1. The highest BCUT2D eigenvalue weighted by atomic mass is 32.1. The van der Waals surface area contributed by atoms with Crippen LogP contribution in [0.4, 0.5) is 16.2 Å². The molecule has 174 valence electrons. The lowest BCUT2D eigenvalue weighted by Crippen LogP contribution is -2.27. The fraction of sp³-hybridized carbons (Fsp3) is 0.400. The summed E-state index contributed by atoms with van der Waals surface area (Å²) in [6, 6.07) is 5.32. The fourth-order valence-electron chi connectivity index (χ4n) is 3.50. The molecule has 2 N–H and O–H groups in total. The van der Waals surface area contributed by atoms with Crippen molar-refractivity contribution in [3.63, 3.8) is 0 Å². The van der Waals surface area contributed by atoms with Gasteiger partial charge in [-0.25, -0.2) is 4.98 Å². The molecule has 2 aromatic heterocycles. The summed E-state index contributed by atoms with van der Waals surface area (Å²) in [6.07, 6.45) is 3.18. The van der Waals surface area contributed by atoms with Gasteiger partial charge in [0.25, 0.3) is 5.91 Å². The van der Waals surface area contributed by atoms with Crippen LogP contribution in [0.1, 0.15) is 18.1 Å². The fourth-order valence-corrected chi connectivity index (χ4v) is 4.22. The molecule has 0 unspecified atom stereocenters. The lowest BCUT2D eigenvalue weighted by atomic mass is 10.1. The lowest BCUT2D eigenvalue weighted by molar-refractivity contribution is -0.126. The van der Waals surface area contributed by atoms with E-state index in [9.17, 15) is 4.79 Å². The van der Waals surface area contributed by atoms with Crippen LogP contribution in [0.15, 0.2) is 30.6 Å². The van der Waals surface area contributed by atoms with Crippen LogP contribution in [0.5, 0.6) is 11.5 Å². The first-order valence-electron chi connectivity index (χ1n) is 10.1. The number of methoxy groups -OCH3 is 3. The first-order chi connectivity index (χ1) is 16.1. The third-order valence-electron chi connectivity index (χ3n) is 5.07. The number of nitrogens with one attached hydrogen (secondary N) is 2. The SMILES string of the molecule is COc1cc(OC)cc([C@@H](OC)C(=O)Nc2nnc(N[C@@H]3CCN(c4nccnn4)C3)s2)c1. The summed E-state index contributed by atoms with van der Waals surface area (Å²) in [5, 5.41) is 23.2. The van der Waals surface area contributed by atoms with Gasteiger partial charge in [-0.05, 0) is 24.1 Å².